The van der Waals surface area contributed by atoms with Crippen LogP contribution in [0.1, 0.15) is 31.7 Å². The minimum absolute atomic E-state index is 0.116. The average Bonchev–Trinajstić information content (AvgIpc) is 2.60. The largest absolute Gasteiger partial charge is 0.493 e. The van der Waals surface area contributed by atoms with Crippen molar-refractivity contribution in [3.63, 3.8) is 0 Å². The Kier molecular flexibility index (Phi) is 6.71. The summed E-state index contributed by atoms with van der Waals surface area (Å²) in [6.45, 7) is 4.84. The van der Waals surface area contributed by atoms with E-state index in [1.54, 1.807) is 14.2 Å². The van der Waals surface area contributed by atoms with Crippen LogP contribution in [0.15, 0.2) is 18.2 Å². The van der Waals surface area contributed by atoms with Crippen LogP contribution in [0, 0.1) is 11.8 Å². The van der Waals surface area contributed by atoms with Crippen LogP contribution < -0.4 is 20.1 Å². The van der Waals surface area contributed by atoms with E-state index >= 15 is 0 Å². The molecule has 0 radical (unpaired) electrons. The van der Waals surface area contributed by atoms with Crippen molar-refractivity contribution in [1.82, 2.24) is 10.6 Å². The molecule has 0 spiro atoms. The number of benzene rings is 1. The summed E-state index contributed by atoms with van der Waals surface area (Å²) in [5.74, 6) is 2.58. The fourth-order valence-corrected chi connectivity index (χ4v) is 3.14. The first-order valence-corrected chi connectivity index (χ1v) is 8.32. The van der Waals surface area contributed by atoms with Crippen molar-refractivity contribution in [2.75, 3.05) is 27.3 Å². The van der Waals surface area contributed by atoms with Gasteiger partial charge in [0.25, 0.3) is 0 Å². The third kappa shape index (κ3) is 5.13. The van der Waals surface area contributed by atoms with E-state index < -0.39 is 0 Å². The van der Waals surface area contributed by atoms with Crippen LogP contribution in [0.5, 0.6) is 11.5 Å². The molecule has 1 heterocycles. The Morgan fingerprint density at radius 3 is 2.61 bits per heavy atom. The van der Waals surface area contributed by atoms with Gasteiger partial charge in [-0.3, -0.25) is 4.79 Å². The first-order chi connectivity index (χ1) is 11.1. The molecule has 128 valence electrons. The van der Waals surface area contributed by atoms with Gasteiger partial charge in [-0.2, -0.15) is 0 Å². The monoisotopic (exact) mass is 320 g/mol. The van der Waals surface area contributed by atoms with E-state index in [-0.39, 0.29) is 5.91 Å². The van der Waals surface area contributed by atoms with Crippen molar-refractivity contribution < 1.29 is 14.3 Å². The Morgan fingerprint density at radius 1 is 1.26 bits per heavy atom. The molecule has 1 aromatic rings. The Balaban J connectivity index is 1.81. The van der Waals surface area contributed by atoms with Crippen LogP contribution in [-0.2, 0) is 11.3 Å². The molecular weight excluding hydrogens is 292 g/mol. The van der Waals surface area contributed by atoms with E-state index in [0.717, 1.165) is 18.7 Å². The predicted octanol–water partition coefficient (Wildman–Crippen LogP) is 2.35. The molecule has 1 saturated heterocycles. The van der Waals surface area contributed by atoms with Gasteiger partial charge in [0.2, 0.25) is 5.91 Å². The maximum atomic E-state index is 12.2. The lowest BCUT2D eigenvalue weighted by molar-refractivity contribution is -0.122. The molecule has 5 nitrogen and oxygen atoms in total. The molecule has 1 atom stereocenters. The molecule has 2 N–H and O–H groups in total. The zero-order valence-corrected chi connectivity index (χ0v) is 14.4. The number of ether oxygens (including phenoxy) is 2. The van der Waals surface area contributed by atoms with Crippen molar-refractivity contribution in [3.8, 4) is 11.5 Å². The molecule has 1 fully saturated rings. The summed E-state index contributed by atoms with van der Waals surface area (Å²) in [7, 11) is 3.22. The van der Waals surface area contributed by atoms with Crippen LogP contribution in [0.25, 0.3) is 0 Å². The summed E-state index contributed by atoms with van der Waals surface area (Å²) in [4.78, 5) is 12.2. The Labute approximate surface area is 138 Å². The second kappa shape index (κ2) is 8.77. The standard InChI is InChI=1S/C18H28N2O3/c1-13(15-6-8-19-9-7-15)10-18(21)20-12-14-4-5-16(22-2)17(11-14)23-3/h4-5,11,13,15,19H,6-10,12H2,1-3H3,(H,20,21). The van der Waals surface area contributed by atoms with Crippen molar-refractivity contribution in [2.45, 2.75) is 32.7 Å². The fourth-order valence-electron chi connectivity index (χ4n) is 3.14. The van der Waals surface area contributed by atoms with Gasteiger partial charge in [0, 0.05) is 13.0 Å². The third-order valence-electron chi connectivity index (χ3n) is 4.63. The summed E-state index contributed by atoms with van der Waals surface area (Å²) < 4.78 is 10.5. The smallest absolute Gasteiger partial charge is 0.220 e. The Hall–Kier alpha value is -1.75. The summed E-state index contributed by atoms with van der Waals surface area (Å²) in [5, 5.41) is 6.37. The van der Waals surface area contributed by atoms with Gasteiger partial charge in [-0.25, -0.2) is 0 Å². The SMILES string of the molecule is COc1ccc(CNC(=O)CC(C)C2CCNCC2)cc1OC. The fraction of sp³-hybridized carbons (Fsp3) is 0.611. The highest BCUT2D eigenvalue weighted by atomic mass is 16.5. The van der Waals surface area contributed by atoms with Crippen LogP contribution in [-0.4, -0.2) is 33.2 Å². The van der Waals surface area contributed by atoms with Gasteiger partial charge in [0.05, 0.1) is 14.2 Å². The summed E-state index contributed by atoms with van der Waals surface area (Å²) in [5.41, 5.74) is 1.01. The van der Waals surface area contributed by atoms with E-state index in [2.05, 4.69) is 17.6 Å². The molecule has 1 amide bonds. The topological polar surface area (TPSA) is 59.6 Å². The zero-order valence-electron chi connectivity index (χ0n) is 14.4. The van der Waals surface area contributed by atoms with Crippen LogP contribution in [0.3, 0.4) is 0 Å². The third-order valence-corrected chi connectivity index (χ3v) is 4.63. The maximum Gasteiger partial charge on any atom is 0.220 e. The van der Waals surface area contributed by atoms with Crippen molar-refractivity contribution in [1.29, 1.82) is 0 Å². The first-order valence-electron chi connectivity index (χ1n) is 8.32. The number of amides is 1. The highest BCUT2D eigenvalue weighted by Gasteiger charge is 2.21. The molecule has 1 aliphatic heterocycles. The molecule has 0 bridgehead atoms. The number of nitrogens with one attached hydrogen (secondary N) is 2. The molecule has 1 aliphatic rings. The van der Waals surface area contributed by atoms with Crippen LogP contribution >= 0.6 is 0 Å². The molecular formula is C18H28N2O3. The minimum Gasteiger partial charge on any atom is -0.493 e. The molecule has 0 aliphatic carbocycles. The number of methoxy groups -OCH3 is 2. The Morgan fingerprint density at radius 2 is 1.96 bits per heavy atom. The van der Waals surface area contributed by atoms with E-state index in [9.17, 15) is 4.79 Å². The highest BCUT2D eigenvalue weighted by molar-refractivity contribution is 5.76. The van der Waals surface area contributed by atoms with Crippen LogP contribution in [0.2, 0.25) is 0 Å². The van der Waals surface area contributed by atoms with E-state index in [1.807, 2.05) is 18.2 Å². The van der Waals surface area contributed by atoms with Gasteiger partial charge < -0.3 is 20.1 Å². The molecule has 2 rings (SSSR count). The summed E-state index contributed by atoms with van der Waals surface area (Å²) in [6, 6.07) is 5.70. The zero-order chi connectivity index (χ0) is 16.7. The van der Waals surface area contributed by atoms with E-state index in [4.69, 9.17) is 9.47 Å². The number of hydrogen-bond donors (Lipinski definition) is 2. The number of hydrogen-bond acceptors (Lipinski definition) is 4. The number of rotatable bonds is 7. The molecule has 5 heteroatoms. The van der Waals surface area contributed by atoms with Crippen molar-refractivity contribution in [3.05, 3.63) is 23.8 Å². The van der Waals surface area contributed by atoms with E-state index in [0.29, 0.717) is 36.3 Å². The average molecular weight is 320 g/mol. The van der Waals surface area contributed by atoms with Gasteiger partial charge in [0.1, 0.15) is 0 Å². The van der Waals surface area contributed by atoms with Gasteiger partial charge >= 0.3 is 0 Å². The first kappa shape index (κ1) is 17.6. The second-order valence-electron chi connectivity index (χ2n) is 6.23. The molecule has 0 saturated carbocycles. The minimum atomic E-state index is 0.116. The van der Waals surface area contributed by atoms with Gasteiger partial charge in [-0.05, 0) is 55.5 Å². The lowest BCUT2D eigenvalue weighted by Crippen LogP contribution is -2.33. The second-order valence-corrected chi connectivity index (χ2v) is 6.23. The van der Waals surface area contributed by atoms with Gasteiger partial charge in [-0.1, -0.05) is 13.0 Å². The van der Waals surface area contributed by atoms with Gasteiger partial charge in [-0.15, -0.1) is 0 Å². The molecule has 23 heavy (non-hydrogen) atoms. The lowest BCUT2D eigenvalue weighted by Gasteiger charge is -2.27. The summed E-state index contributed by atoms with van der Waals surface area (Å²) >= 11 is 0. The summed E-state index contributed by atoms with van der Waals surface area (Å²) in [6.07, 6.45) is 2.94. The number of piperidine rings is 1. The van der Waals surface area contributed by atoms with Gasteiger partial charge in [0.15, 0.2) is 11.5 Å². The lowest BCUT2D eigenvalue weighted by atomic mass is 9.84. The normalized spacial score (nSPS) is 16.7. The van der Waals surface area contributed by atoms with Crippen LogP contribution in [0.4, 0.5) is 0 Å². The Bertz CT molecular complexity index is 513. The number of carbonyl (C=O) groups is 1. The van der Waals surface area contributed by atoms with Crippen molar-refractivity contribution in [2.24, 2.45) is 11.8 Å². The maximum absolute atomic E-state index is 12.2. The highest BCUT2D eigenvalue weighted by Crippen LogP contribution is 2.27. The molecule has 1 unspecified atom stereocenters. The van der Waals surface area contributed by atoms with E-state index in [1.165, 1.54) is 12.8 Å². The van der Waals surface area contributed by atoms with Crippen molar-refractivity contribution >= 4 is 5.91 Å². The molecule has 1 aromatic carbocycles. The molecule has 0 aromatic heterocycles. The quantitative estimate of drug-likeness (QED) is 0.809. The number of carbonyl (C=O) groups excluding carboxylic acids is 1. The predicted molar refractivity (Wildman–Crippen MR) is 90.8 cm³/mol.